The van der Waals surface area contributed by atoms with Gasteiger partial charge < -0.3 is 26.3 Å². The van der Waals surface area contributed by atoms with E-state index in [4.69, 9.17) is 20.9 Å². The summed E-state index contributed by atoms with van der Waals surface area (Å²) < 4.78 is 11.4. The average molecular weight is 279 g/mol. The second kappa shape index (κ2) is 6.47. The van der Waals surface area contributed by atoms with Crippen LogP contribution in [0.5, 0.6) is 5.75 Å². The molecule has 1 amide bonds. The van der Waals surface area contributed by atoms with Gasteiger partial charge in [-0.25, -0.2) is 0 Å². The standard InChI is InChI=1S/C14H21N3O3/c1-9-3-6-20-12-8-10(14(16)18)7-11(15)13(12)17-4-2-5-19-9/h7-9,17H,2-6,15H2,1H3,(H2,16,18). The highest BCUT2D eigenvalue weighted by molar-refractivity contribution is 5.96. The van der Waals surface area contributed by atoms with Gasteiger partial charge in [-0.2, -0.15) is 0 Å². The summed E-state index contributed by atoms with van der Waals surface area (Å²) in [6, 6.07) is 3.20. The molecule has 0 spiro atoms. The third-order valence-corrected chi connectivity index (χ3v) is 3.22. The van der Waals surface area contributed by atoms with Gasteiger partial charge in [-0.05, 0) is 25.5 Å². The molecule has 0 saturated carbocycles. The largest absolute Gasteiger partial charge is 0.491 e. The minimum Gasteiger partial charge on any atom is -0.491 e. The van der Waals surface area contributed by atoms with Crippen LogP contribution in [0.1, 0.15) is 30.1 Å². The van der Waals surface area contributed by atoms with Crippen molar-refractivity contribution in [3.05, 3.63) is 17.7 Å². The molecule has 6 nitrogen and oxygen atoms in total. The van der Waals surface area contributed by atoms with Gasteiger partial charge in [0.1, 0.15) is 11.4 Å². The molecule has 0 saturated heterocycles. The topological polar surface area (TPSA) is 99.6 Å². The van der Waals surface area contributed by atoms with E-state index in [-0.39, 0.29) is 6.10 Å². The van der Waals surface area contributed by atoms with E-state index in [0.717, 1.165) is 19.4 Å². The molecule has 0 aromatic heterocycles. The zero-order valence-corrected chi connectivity index (χ0v) is 11.6. The number of nitrogens with one attached hydrogen (secondary N) is 1. The van der Waals surface area contributed by atoms with Gasteiger partial charge in [-0.1, -0.05) is 0 Å². The summed E-state index contributed by atoms with van der Waals surface area (Å²) in [7, 11) is 0. The minimum absolute atomic E-state index is 0.147. The molecular weight excluding hydrogens is 258 g/mol. The van der Waals surface area contributed by atoms with E-state index in [0.29, 0.717) is 35.9 Å². The highest BCUT2D eigenvalue weighted by Crippen LogP contribution is 2.33. The number of benzene rings is 1. The van der Waals surface area contributed by atoms with Crippen molar-refractivity contribution in [2.75, 3.05) is 30.8 Å². The zero-order chi connectivity index (χ0) is 14.5. The Labute approximate surface area is 118 Å². The van der Waals surface area contributed by atoms with E-state index in [9.17, 15) is 4.79 Å². The first-order chi connectivity index (χ1) is 9.58. The van der Waals surface area contributed by atoms with Crippen molar-refractivity contribution in [3.63, 3.8) is 0 Å². The second-order valence-electron chi connectivity index (χ2n) is 4.90. The molecule has 1 unspecified atom stereocenters. The fourth-order valence-corrected chi connectivity index (χ4v) is 2.07. The van der Waals surface area contributed by atoms with E-state index in [1.165, 1.54) is 0 Å². The molecular formula is C14H21N3O3. The molecule has 1 heterocycles. The smallest absolute Gasteiger partial charge is 0.248 e. The van der Waals surface area contributed by atoms with E-state index in [1.54, 1.807) is 12.1 Å². The molecule has 0 bridgehead atoms. The molecule has 0 fully saturated rings. The number of fused-ring (bicyclic) bond motifs is 1. The van der Waals surface area contributed by atoms with Gasteiger partial charge in [-0.3, -0.25) is 4.79 Å². The number of hydrogen-bond donors (Lipinski definition) is 3. The predicted octanol–water partition coefficient (Wildman–Crippen LogP) is 1.36. The average Bonchev–Trinajstić information content (AvgIpc) is 2.43. The molecule has 0 aliphatic carbocycles. The Morgan fingerprint density at radius 3 is 2.95 bits per heavy atom. The zero-order valence-electron chi connectivity index (χ0n) is 11.6. The van der Waals surface area contributed by atoms with Crippen LogP contribution < -0.4 is 21.5 Å². The van der Waals surface area contributed by atoms with Crippen molar-refractivity contribution in [2.45, 2.75) is 25.9 Å². The van der Waals surface area contributed by atoms with E-state index in [2.05, 4.69) is 5.32 Å². The van der Waals surface area contributed by atoms with Crippen LogP contribution in [0.25, 0.3) is 0 Å². The van der Waals surface area contributed by atoms with Crippen LogP contribution in [0.15, 0.2) is 12.1 Å². The lowest BCUT2D eigenvalue weighted by Crippen LogP contribution is -2.14. The van der Waals surface area contributed by atoms with E-state index in [1.807, 2.05) is 6.92 Å². The van der Waals surface area contributed by atoms with Gasteiger partial charge in [0.05, 0.1) is 18.4 Å². The van der Waals surface area contributed by atoms with Gasteiger partial charge in [0.15, 0.2) is 0 Å². The Morgan fingerprint density at radius 2 is 2.20 bits per heavy atom. The lowest BCUT2D eigenvalue weighted by atomic mass is 10.1. The van der Waals surface area contributed by atoms with E-state index >= 15 is 0 Å². The summed E-state index contributed by atoms with van der Waals surface area (Å²) in [5.41, 5.74) is 12.8. The molecule has 20 heavy (non-hydrogen) atoms. The molecule has 1 atom stereocenters. The number of primary amides is 1. The third kappa shape index (κ3) is 3.54. The highest BCUT2D eigenvalue weighted by Gasteiger charge is 2.14. The van der Waals surface area contributed by atoms with Crippen LogP contribution in [-0.4, -0.2) is 31.8 Å². The summed E-state index contributed by atoms with van der Waals surface area (Å²) in [6.45, 7) is 3.94. The maximum absolute atomic E-state index is 11.3. The van der Waals surface area contributed by atoms with Crippen LogP contribution >= 0.6 is 0 Å². The van der Waals surface area contributed by atoms with Gasteiger partial charge in [0.25, 0.3) is 0 Å². The number of hydrogen-bond acceptors (Lipinski definition) is 5. The Hall–Kier alpha value is -1.95. The summed E-state index contributed by atoms with van der Waals surface area (Å²) in [5.74, 6) is 0.0435. The number of nitrogens with two attached hydrogens (primary N) is 2. The number of ether oxygens (including phenoxy) is 2. The first kappa shape index (κ1) is 14.5. The highest BCUT2D eigenvalue weighted by atomic mass is 16.5. The normalized spacial score (nSPS) is 19.9. The van der Waals surface area contributed by atoms with Crippen molar-refractivity contribution in [1.82, 2.24) is 0 Å². The SMILES string of the molecule is CC1CCOc2cc(C(N)=O)cc(N)c2NCCCO1. The Bertz CT molecular complexity index is 491. The molecule has 1 aromatic carbocycles. The van der Waals surface area contributed by atoms with Gasteiger partial charge in [0.2, 0.25) is 5.91 Å². The number of carbonyl (C=O) groups excluding carboxylic acids is 1. The van der Waals surface area contributed by atoms with Crippen molar-refractivity contribution in [2.24, 2.45) is 5.73 Å². The quantitative estimate of drug-likeness (QED) is 0.674. The van der Waals surface area contributed by atoms with Gasteiger partial charge in [0, 0.05) is 25.1 Å². The third-order valence-electron chi connectivity index (χ3n) is 3.22. The van der Waals surface area contributed by atoms with Crippen LogP contribution in [0.3, 0.4) is 0 Å². The van der Waals surface area contributed by atoms with Crippen molar-refractivity contribution >= 4 is 17.3 Å². The fraction of sp³-hybridized carbons (Fsp3) is 0.500. The van der Waals surface area contributed by atoms with E-state index < -0.39 is 5.91 Å². The molecule has 5 N–H and O–H groups in total. The summed E-state index contributed by atoms with van der Waals surface area (Å²) in [6.07, 6.45) is 1.80. The molecule has 1 aliphatic heterocycles. The van der Waals surface area contributed by atoms with Crippen molar-refractivity contribution < 1.29 is 14.3 Å². The molecule has 110 valence electrons. The van der Waals surface area contributed by atoms with Crippen LogP contribution in [-0.2, 0) is 4.74 Å². The number of rotatable bonds is 1. The molecule has 1 aliphatic rings. The monoisotopic (exact) mass is 279 g/mol. The van der Waals surface area contributed by atoms with Crippen LogP contribution in [0, 0.1) is 0 Å². The summed E-state index contributed by atoms with van der Waals surface area (Å²) >= 11 is 0. The number of nitrogen functional groups attached to an aromatic ring is 1. The molecule has 0 radical (unpaired) electrons. The molecule has 2 rings (SSSR count). The van der Waals surface area contributed by atoms with Crippen LogP contribution in [0.4, 0.5) is 11.4 Å². The number of amides is 1. The maximum atomic E-state index is 11.3. The number of anilines is 2. The van der Waals surface area contributed by atoms with Crippen molar-refractivity contribution in [1.29, 1.82) is 0 Å². The lowest BCUT2D eigenvalue weighted by Gasteiger charge is -2.16. The Balaban J connectivity index is 2.27. The van der Waals surface area contributed by atoms with Crippen molar-refractivity contribution in [3.8, 4) is 5.75 Å². The molecule has 6 heteroatoms. The predicted molar refractivity (Wildman–Crippen MR) is 78.0 cm³/mol. The first-order valence-electron chi connectivity index (χ1n) is 6.79. The summed E-state index contributed by atoms with van der Waals surface area (Å²) in [4.78, 5) is 11.3. The van der Waals surface area contributed by atoms with Gasteiger partial charge in [-0.15, -0.1) is 0 Å². The maximum Gasteiger partial charge on any atom is 0.248 e. The Morgan fingerprint density at radius 1 is 1.40 bits per heavy atom. The summed E-state index contributed by atoms with van der Waals surface area (Å²) in [5, 5.41) is 3.23. The van der Waals surface area contributed by atoms with Crippen LogP contribution in [0.2, 0.25) is 0 Å². The second-order valence-corrected chi connectivity index (χ2v) is 4.90. The minimum atomic E-state index is -0.519. The Kier molecular flexibility index (Phi) is 4.68. The molecule has 1 aromatic rings. The van der Waals surface area contributed by atoms with Gasteiger partial charge >= 0.3 is 0 Å². The lowest BCUT2D eigenvalue weighted by molar-refractivity contribution is 0.0511. The first-order valence-corrected chi connectivity index (χ1v) is 6.79. The fourth-order valence-electron chi connectivity index (χ4n) is 2.07. The number of carbonyl (C=O) groups is 1.